The fourth-order valence-corrected chi connectivity index (χ4v) is 4.87. The Morgan fingerprint density at radius 2 is 1.59 bits per heavy atom. The van der Waals surface area contributed by atoms with Crippen molar-refractivity contribution in [2.24, 2.45) is 0 Å². The van der Waals surface area contributed by atoms with E-state index >= 15 is 0 Å². The Labute approximate surface area is 170 Å². The van der Waals surface area contributed by atoms with Crippen LogP contribution in [0.15, 0.2) is 83.9 Å². The van der Waals surface area contributed by atoms with Crippen molar-refractivity contribution in [2.75, 3.05) is 14.2 Å². The van der Waals surface area contributed by atoms with Gasteiger partial charge in [0.2, 0.25) is 0 Å². The van der Waals surface area contributed by atoms with Crippen molar-refractivity contribution in [3.63, 3.8) is 0 Å². The van der Waals surface area contributed by atoms with E-state index in [9.17, 15) is 8.42 Å². The summed E-state index contributed by atoms with van der Waals surface area (Å²) in [6, 6.07) is 21.8. The SMILES string of the molecule is COCc1ccc(-c2ccc(OC)cc2)c2c1ccn2S(=O)(=O)c1ccccc1. The number of hydrogen-bond acceptors (Lipinski definition) is 4. The molecule has 6 heteroatoms. The van der Waals surface area contributed by atoms with Crippen molar-refractivity contribution in [1.29, 1.82) is 0 Å². The number of methoxy groups -OCH3 is 2. The van der Waals surface area contributed by atoms with Gasteiger partial charge in [0.05, 0.1) is 24.1 Å². The van der Waals surface area contributed by atoms with Crippen LogP contribution in [0.25, 0.3) is 22.0 Å². The highest BCUT2D eigenvalue weighted by atomic mass is 32.2. The third kappa shape index (κ3) is 3.41. The van der Waals surface area contributed by atoms with Crippen LogP contribution in [0.4, 0.5) is 0 Å². The fourth-order valence-electron chi connectivity index (χ4n) is 3.48. The molecule has 0 amide bonds. The number of aromatic nitrogens is 1. The van der Waals surface area contributed by atoms with E-state index in [2.05, 4.69) is 0 Å². The molecule has 0 N–H and O–H groups in total. The van der Waals surface area contributed by atoms with Gasteiger partial charge in [0.15, 0.2) is 0 Å². The number of rotatable bonds is 6. The molecule has 4 aromatic rings. The Morgan fingerprint density at radius 1 is 0.862 bits per heavy atom. The normalized spacial score (nSPS) is 11.7. The van der Waals surface area contributed by atoms with E-state index in [1.54, 1.807) is 50.7 Å². The van der Waals surface area contributed by atoms with E-state index in [-0.39, 0.29) is 4.90 Å². The standard InChI is InChI=1S/C23H21NO4S/c1-27-16-18-10-13-21(17-8-11-19(28-2)12-9-17)23-22(18)14-15-24(23)29(25,26)20-6-4-3-5-7-20/h3-15H,16H2,1-2H3. The zero-order chi connectivity index (χ0) is 20.4. The first-order valence-corrected chi connectivity index (χ1v) is 10.6. The molecule has 29 heavy (non-hydrogen) atoms. The topological polar surface area (TPSA) is 57.5 Å². The van der Waals surface area contributed by atoms with Gasteiger partial charge < -0.3 is 9.47 Å². The van der Waals surface area contributed by atoms with Gasteiger partial charge in [-0.25, -0.2) is 12.4 Å². The highest BCUT2D eigenvalue weighted by molar-refractivity contribution is 7.90. The van der Waals surface area contributed by atoms with Crippen LogP contribution in [0.3, 0.4) is 0 Å². The molecule has 0 fully saturated rings. The first kappa shape index (κ1) is 19.2. The van der Waals surface area contributed by atoms with Crippen molar-refractivity contribution in [2.45, 2.75) is 11.5 Å². The molecule has 4 rings (SSSR count). The maximum Gasteiger partial charge on any atom is 0.268 e. The largest absolute Gasteiger partial charge is 0.497 e. The molecule has 0 atom stereocenters. The van der Waals surface area contributed by atoms with E-state index in [1.807, 2.05) is 42.5 Å². The number of fused-ring (bicyclic) bond motifs is 1. The molecule has 0 saturated carbocycles. The summed E-state index contributed by atoms with van der Waals surface area (Å²) in [5.74, 6) is 0.744. The molecule has 0 unspecified atom stereocenters. The Morgan fingerprint density at radius 3 is 2.24 bits per heavy atom. The Kier molecular flexibility index (Phi) is 5.13. The molecule has 1 heterocycles. The van der Waals surface area contributed by atoms with E-state index < -0.39 is 10.0 Å². The average Bonchev–Trinajstić information content (AvgIpc) is 3.21. The lowest BCUT2D eigenvalue weighted by molar-refractivity contribution is 0.186. The second-order valence-electron chi connectivity index (χ2n) is 6.63. The van der Waals surface area contributed by atoms with E-state index in [1.165, 1.54) is 3.97 Å². The molecule has 3 aromatic carbocycles. The molecule has 1 aromatic heterocycles. The molecule has 0 aliphatic carbocycles. The Hall–Kier alpha value is -3.09. The summed E-state index contributed by atoms with van der Waals surface area (Å²) in [5.41, 5.74) is 3.30. The summed E-state index contributed by atoms with van der Waals surface area (Å²) in [7, 11) is -0.505. The van der Waals surface area contributed by atoms with Crippen LogP contribution in [0, 0.1) is 0 Å². The summed E-state index contributed by atoms with van der Waals surface area (Å²) in [6.07, 6.45) is 1.61. The molecule has 5 nitrogen and oxygen atoms in total. The Bertz CT molecular complexity index is 1240. The van der Waals surface area contributed by atoms with Crippen molar-refractivity contribution < 1.29 is 17.9 Å². The number of ether oxygens (including phenoxy) is 2. The van der Waals surface area contributed by atoms with E-state index in [0.717, 1.165) is 27.8 Å². The van der Waals surface area contributed by atoms with Gasteiger partial charge >= 0.3 is 0 Å². The highest BCUT2D eigenvalue weighted by Crippen LogP contribution is 2.35. The molecule has 148 valence electrons. The van der Waals surface area contributed by atoms with Crippen LogP contribution in [0.5, 0.6) is 5.75 Å². The smallest absolute Gasteiger partial charge is 0.268 e. The molecule has 0 spiro atoms. The number of benzene rings is 3. The van der Waals surface area contributed by atoms with Gasteiger partial charge in [-0.2, -0.15) is 0 Å². The number of hydrogen-bond donors (Lipinski definition) is 0. The van der Waals surface area contributed by atoms with Crippen LogP contribution in [0.2, 0.25) is 0 Å². The lowest BCUT2D eigenvalue weighted by atomic mass is 10.00. The minimum atomic E-state index is -3.75. The van der Waals surface area contributed by atoms with Crippen LogP contribution in [-0.4, -0.2) is 26.6 Å². The average molecular weight is 407 g/mol. The fraction of sp³-hybridized carbons (Fsp3) is 0.130. The quantitative estimate of drug-likeness (QED) is 0.465. The molecule has 0 saturated heterocycles. The number of nitrogens with zero attached hydrogens (tertiary/aromatic N) is 1. The summed E-state index contributed by atoms with van der Waals surface area (Å²) in [4.78, 5) is 0.246. The summed E-state index contributed by atoms with van der Waals surface area (Å²) in [6.45, 7) is 0.398. The van der Waals surface area contributed by atoms with Crippen LogP contribution in [-0.2, 0) is 21.4 Å². The van der Waals surface area contributed by atoms with Gasteiger partial charge in [0.25, 0.3) is 10.0 Å². The predicted octanol–water partition coefficient (Wildman–Crippen LogP) is 4.70. The van der Waals surface area contributed by atoms with Crippen molar-refractivity contribution in [3.05, 3.63) is 84.6 Å². The summed E-state index contributed by atoms with van der Waals surface area (Å²) >= 11 is 0. The molecule has 0 bridgehead atoms. The molecular formula is C23H21NO4S. The van der Waals surface area contributed by atoms with E-state index in [4.69, 9.17) is 9.47 Å². The van der Waals surface area contributed by atoms with Crippen LogP contribution < -0.4 is 4.74 Å². The first-order valence-electron chi connectivity index (χ1n) is 9.13. The lowest BCUT2D eigenvalue weighted by Crippen LogP contribution is -2.12. The first-order chi connectivity index (χ1) is 14.1. The molecule has 0 radical (unpaired) electrons. The van der Waals surface area contributed by atoms with Crippen molar-refractivity contribution in [3.8, 4) is 16.9 Å². The minimum Gasteiger partial charge on any atom is -0.497 e. The van der Waals surface area contributed by atoms with Gasteiger partial charge in [0.1, 0.15) is 5.75 Å². The van der Waals surface area contributed by atoms with Crippen molar-refractivity contribution >= 4 is 20.9 Å². The third-order valence-electron chi connectivity index (χ3n) is 4.91. The van der Waals surface area contributed by atoms with Crippen LogP contribution in [0.1, 0.15) is 5.56 Å². The lowest BCUT2D eigenvalue weighted by Gasteiger charge is -2.13. The Balaban J connectivity index is 1.99. The molecule has 0 aliphatic rings. The summed E-state index contributed by atoms with van der Waals surface area (Å²) in [5, 5.41) is 0.847. The molecular weight excluding hydrogens is 386 g/mol. The van der Waals surface area contributed by atoms with Gasteiger partial charge in [-0.15, -0.1) is 0 Å². The second kappa shape index (κ2) is 7.73. The zero-order valence-electron chi connectivity index (χ0n) is 16.2. The van der Waals surface area contributed by atoms with Crippen molar-refractivity contribution in [1.82, 2.24) is 3.97 Å². The third-order valence-corrected chi connectivity index (χ3v) is 6.60. The predicted molar refractivity (Wildman–Crippen MR) is 114 cm³/mol. The van der Waals surface area contributed by atoms with Gasteiger partial charge in [0, 0.05) is 24.3 Å². The summed E-state index contributed by atoms with van der Waals surface area (Å²) < 4.78 is 38.7. The maximum atomic E-state index is 13.4. The van der Waals surface area contributed by atoms with E-state index in [0.29, 0.717) is 12.1 Å². The van der Waals surface area contributed by atoms with Gasteiger partial charge in [-0.1, -0.05) is 42.5 Å². The zero-order valence-corrected chi connectivity index (χ0v) is 17.0. The monoisotopic (exact) mass is 407 g/mol. The second-order valence-corrected chi connectivity index (χ2v) is 8.44. The molecule has 0 aliphatic heterocycles. The van der Waals surface area contributed by atoms with Gasteiger partial charge in [-0.3, -0.25) is 0 Å². The highest BCUT2D eigenvalue weighted by Gasteiger charge is 2.22. The maximum absolute atomic E-state index is 13.4. The van der Waals surface area contributed by atoms with Crippen LogP contribution >= 0.6 is 0 Å². The van der Waals surface area contributed by atoms with Gasteiger partial charge in [-0.05, 0) is 41.5 Å². The minimum absolute atomic E-state index is 0.246.